The molecular formula is C20H24N6O. The summed E-state index contributed by atoms with van der Waals surface area (Å²) in [6.45, 7) is 4.30. The van der Waals surface area contributed by atoms with Crippen molar-refractivity contribution in [2.24, 2.45) is 0 Å². The highest BCUT2D eigenvalue weighted by molar-refractivity contribution is 6.06. The number of aryl methyl sites for hydroxylation is 1. The maximum Gasteiger partial charge on any atom is 0.254 e. The van der Waals surface area contributed by atoms with Crippen molar-refractivity contribution < 1.29 is 4.79 Å². The second-order valence-electron chi connectivity index (χ2n) is 6.86. The number of aromatic nitrogens is 3. The molecule has 1 aliphatic heterocycles. The van der Waals surface area contributed by atoms with E-state index in [1.54, 1.807) is 11.1 Å². The zero-order chi connectivity index (χ0) is 18.8. The van der Waals surface area contributed by atoms with Crippen LogP contribution in [0.4, 0.5) is 0 Å². The molecule has 1 unspecified atom stereocenters. The molecule has 0 saturated carbocycles. The zero-order valence-corrected chi connectivity index (χ0v) is 15.6. The van der Waals surface area contributed by atoms with Gasteiger partial charge in [0, 0.05) is 38.3 Å². The van der Waals surface area contributed by atoms with Gasteiger partial charge in [0.1, 0.15) is 0 Å². The van der Waals surface area contributed by atoms with Crippen LogP contribution in [-0.4, -0.2) is 51.8 Å². The van der Waals surface area contributed by atoms with Gasteiger partial charge >= 0.3 is 0 Å². The number of carbonyl (C=O) groups is 1. The molecule has 2 aromatic heterocycles. The molecule has 1 amide bonds. The molecule has 1 aliphatic rings. The Labute approximate surface area is 158 Å². The van der Waals surface area contributed by atoms with Gasteiger partial charge in [-0.05, 0) is 19.4 Å². The van der Waals surface area contributed by atoms with Crippen molar-refractivity contribution in [1.82, 2.24) is 30.5 Å². The first-order valence-electron chi connectivity index (χ1n) is 9.33. The fourth-order valence-corrected chi connectivity index (χ4v) is 3.50. The average Bonchev–Trinajstić information content (AvgIpc) is 3.36. The average molecular weight is 364 g/mol. The molecule has 3 aromatic rings. The van der Waals surface area contributed by atoms with Crippen LogP contribution >= 0.6 is 0 Å². The Kier molecular flexibility index (Phi) is 4.87. The third-order valence-electron chi connectivity index (χ3n) is 4.97. The van der Waals surface area contributed by atoms with Gasteiger partial charge in [-0.2, -0.15) is 5.10 Å². The SMILES string of the molecule is CCn1ncc2c(C(=O)N(C)CC3CCNN3)cc(-c3ccccc3)nc21. The predicted molar refractivity (Wildman–Crippen MR) is 105 cm³/mol. The number of hydrogen-bond donors (Lipinski definition) is 2. The third-order valence-corrected chi connectivity index (χ3v) is 4.97. The number of fused-ring (bicyclic) bond motifs is 1. The lowest BCUT2D eigenvalue weighted by atomic mass is 10.1. The van der Waals surface area contributed by atoms with Crippen LogP contribution in [0.2, 0.25) is 0 Å². The number of nitrogens with one attached hydrogen (secondary N) is 2. The van der Waals surface area contributed by atoms with Crippen LogP contribution in [0.25, 0.3) is 22.3 Å². The van der Waals surface area contributed by atoms with E-state index in [-0.39, 0.29) is 11.9 Å². The summed E-state index contributed by atoms with van der Waals surface area (Å²) in [5.41, 5.74) is 9.49. The number of benzene rings is 1. The highest BCUT2D eigenvalue weighted by Gasteiger charge is 2.23. The molecule has 140 valence electrons. The van der Waals surface area contributed by atoms with Crippen LogP contribution in [0.5, 0.6) is 0 Å². The van der Waals surface area contributed by atoms with E-state index in [1.807, 2.05) is 55.1 Å². The maximum atomic E-state index is 13.2. The van der Waals surface area contributed by atoms with Gasteiger partial charge in [0.25, 0.3) is 5.91 Å². The molecule has 0 aliphatic carbocycles. The molecule has 0 spiro atoms. The van der Waals surface area contributed by atoms with Crippen LogP contribution in [0.3, 0.4) is 0 Å². The molecule has 1 aromatic carbocycles. The number of pyridine rings is 1. The minimum absolute atomic E-state index is 0.0102. The van der Waals surface area contributed by atoms with Crippen molar-refractivity contribution in [3.8, 4) is 11.3 Å². The Morgan fingerprint density at radius 2 is 2.15 bits per heavy atom. The van der Waals surface area contributed by atoms with Crippen LogP contribution in [-0.2, 0) is 6.54 Å². The second kappa shape index (κ2) is 7.46. The molecule has 27 heavy (non-hydrogen) atoms. The molecular weight excluding hydrogens is 340 g/mol. The molecule has 7 nitrogen and oxygen atoms in total. The van der Waals surface area contributed by atoms with Crippen LogP contribution < -0.4 is 10.9 Å². The molecule has 7 heteroatoms. The van der Waals surface area contributed by atoms with Gasteiger partial charge in [0.15, 0.2) is 5.65 Å². The monoisotopic (exact) mass is 364 g/mol. The number of nitrogens with zero attached hydrogens (tertiary/aromatic N) is 4. The summed E-state index contributed by atoms with van der Waals surface area (Å²) >= 11 is 0. The van der Waals surface area contributed by atoms with Crippen molar-refractivity contribution in [2.75, 3.05) is 20.1 Å². The van der Waals surface area contributed by atoms with E-state index in [0.29, 0.717) is 18.7 Å². The molecule has 1 fully saturated rings. The van der Waals surface area contributed by atoms with Gasteiger partial charge in [-0.1, -0.05) is 30.3 Å². The van der Waals surface area contributed by atoms with Crippen molar-refractivity contribution in [3.63, 3.8) is 0 Å². The van der Waals surface area contributed by atoms with E-state index in [0.717, 1.165) is 35.3 Å². The fourth-order valence-electron chi connectivity index (χ4n) is 3.50. The van der Waals surface area contributed by atoms with E-state index < -0.39 is 0 Å². The lowest BCUT2D eigenvalue weighted by molar-refractivity contribution is 0.0785. The summed E-state index contributed by atoms with van der Waals surface area (Å²) in [6.07, 6.45) is 2.75. The first kappa shape index (κ1) is 17.6. The summed E-state index contributed by atoms with van der Waals surface area (Å²) in [4.78, 5) is 19.8. The molecule has 1 atom stereocenters. The first-order chi connectivity index (χ1) is 13.2. The number of hydrazine groups is 1. The maximum absolute atomic E-state index is 13.2. The Bertz CT molecular complexity index is 946. The Balaban J connectivity index is 1.76. The third kappa shape index (κ3) is 3.43. The van der Waals surface area contributed by atoms with Crippen molar-refractivity contribution in [2.45, 2.75) is 25.9 Å². The van der Waals surface area contributed by atoms with E-state index in [9.17, 15) is 4.79 Å². The highest BCUT2D eigenvalue weighted by Crippen LogP contribution is 2.25. The zero-order valence-electron chi connectivity index (χ0n) is 15.6. The number of carbonyl (C=O) groups excluding carboxylic acids is 1. The van der Waals surface area contributed by atoms with Gasteiger partial charge in [-0.3, -0.25) is 15.6 Å². The minimum atomic E-state index is -0.0102. The van der Waals surface area contributed by atoms with Crippen molar-refractivity contribution in [3.05, 3.63) is 48.2 Å². The topological polar surface area (TPSA) is 75.1 Å². The largest absolute Gasteiger partial charge is 0.340 e. The lowest BCUT2D eigenvalue weighted by Crippen LogP contribution is -2.41. The summed E-state index contributed by atoms with van der Waals surface area (Å²) < 4.78 is 1.83. The highest BCUT2D eigenvalue weighted by atomic mass is 16.2. The predicted octanol–water partition coefficient (Wildman–Crippen LogP) is 2.06. The van der Waals surface area contributed by atoms with E-state index in [1.165, 1.54) is 0 Å². The van der Waals surface area contributed by atoms with Crippen molar-refractivity contribution >= 4 is 16.9 Å². The standard InChI is InChI=1S/C20H24N6O/c1-3-26-19-17(12-22-26)16(11-18(23-19)14-7-5-4-6-8-14)20(27)25(2)13-15-9-10-21-24-15/h4-8,11-12,15,21,24H,3,9-10,13H2,1-2H3. The van der Waals surface area contributed by atoms with E-state index >= 15 is 0 Å². The van der Waals surface area contributed by atoms with Gasteiger partial charge in [0.05, 0.1) is 22.8 Å². The van der Waals surface area contributed by atoms with Crippen LogP contribution in [0, 0.1) is 0 Å². The van der Waals surface area contributed by atoms with Gasteiger partial charge in [-0.15, -0.1) is 0 Å². The Morgan fingerprint density at radius 1 is 1.33 bits per heavy atom. The van der Waals surface area contributed by atoms with Crippen molar-refractivity contribution in [1.29, 1.82) is 0 Å². The Hall–Kier alpha value is -2.77. The Morgan fingerprint density at radius 3 is 2.85 bits per heavy atom. The number of likely N-dealkylation sites (N-methyl/N-ethyl adjacent to an activating group) is 1. The summed E-state index contributed by atoms with van der Waals surface area (Å²) in [5, 5.41) is 5.21. The van der Waals surface area contributed by atoms with Crippen LogP contribution in [0.1, 0.15) is 23.7 Å². The number of amides is 1. The molecule has 0 radical (unpaired) electrons. The fraction of sp³-hybridized carbons (Fsp3) is 0.350. The second-order valence-corrected chi connectivity index (χ2v) is 6.86. The van der Waals surface area contributed by atoms with Crippen LogP contribution in [0.15, 0.2) is 42.6 Å². The summed E-state index contributed by atoms with van der Waals surface area (Å²) in [5.74, 6) is -0.0102. The molecule has 2 N–H and O–H groups in total. The minimum Gasteiger partial charge on any atom is -0.340 e. The van der Waals surface area contributed by atoms with Gasteiger partial charge in [-0.25, -0.2) is 9.67 Å². The summed E-state index contributed by atoms with van der Waals surface area (Å²) in [6, 6.07) is 12.1. The normalized spacial score (nSPS) is 16.7. The molecule has 3 heterocycles. The molecule has 0 bridgehead atoms. The van der Waals surface area contributed by atoms with Gasteiger partial charge in [0.2, 0.25) is 0 Å². The smallest absolute Gasteiger partial charge is 0.254 e. The number of rotatable bonds is 5. The summed E-state index contributed by atoms with van der Waals surface area (Å²) in [7, 11) is 1.85. The van der Waals surface area contributed by atoms with E-state index in [2.05, 4.69) is 16.0 Å². The lowest BCUT2D eigenvalue weighted by Gasteiger charge is -2.21. The quantitative estimate of drug-likeness (QED) is 0.725. The van der Waals surface area contributed by atoms with E-state index in [4.69, 9.17) is 4.98 Å². The number of hydrogen-bond acceptors (Lipinski definition) is 5. The van der Waals surface area contributed by atoms with Gasteiger partial charge < -0.3 is 4.90 Å². The molecule has 4 rings (SSSR count). The first-order valence-corrected chi connectivity index (χ1v) is 9.33. The molecule has 1 saturated heterocycles.